The maximum Gasteiger partial charge on any atom is 0.123 e. The number of hydrogen-bond donors (Lipinski definition) is 1. The Hall–Kier alpha value is -2.20. The first-order valence-electron chi connectivity index (χ1n) is 10.5. The maximum atomic E-state index is 6.21. The molecule has 1 aliphatic heterocycles. The molecular weight excluding hydrogens is 350 g/mol. The molecule has 4 heteroatoms. The molecule has 28 heavy (non-hydrogen) atoms. The molecule has 0 aliphatic carbocycles. The van der Waals surface area contributed by atoms with Gasteiger partial charge in [-0.3, -0.25) is 0 Å². The minimum absolute atomic E-state index is 0.0700. The van der Waals surface area contributed by atoms with Crippen molar-refractivity contribution in [2.24, 2.45) is 0 Å². The molecule has 0 amide bonds. The summed E-state index contributed by atoms with van der Waals surface area (Å²) in [5, 5.41) is 3.45. The number of ether oxygens (including phenoxy) is 3. The molecule has 0 bridgehead atoms. The first kappa shape index (κ1) is 20.5. The minimum atomic E-state index is 0.0700. The molecule has 1 N–H and O–H groups in total. The summed E-state index contributed by atoms with van der Waals surface area (Å²) in [4.78, 5) is 0. The van der Waals surface area contributed by atoms with Gasteiger partial charge in [0.2, 0.25) is 0 Å². The third-order valence-corrected chi connectivity index (χ3v) is 5.30. The van der Waals surface area contributed by atoms with Gasteiger partial charge in [0.1, 0.15) is 24.2 Å². The topological polar surface area (TPSA) is 39.7 Å². The predicted octanol–water partition coefficient (Wildman–Crippen LogP) is 5.64. The number of hydrogen-bond acceptors (Lipinski definition) is 4. The number of anilines is 1. The van der Waals surface area contributed by atoms with E-state index in [-0.39, 0.29) is 12.2 Å². The average molecular weight is 384 g/mol. The van der Waals surface area contributed by atoms with Gasteiger partial charge in [-0.15, -0.1) is 0 Å². The van der Waals surface area contributed by atoms with Gasteiger partial charge < -0.3 is 19.5 Å². The fourth-order valence-corrected chi connectivity index (χ4v) is 3.37. The van der Waals surface area contributed by atoms with Gasteiger partial charge in [-0.05, 0) is 68.0 Å². The van der Waals surface area contributed by atoms with E-state index in [1.54, 1.807) is 0 Å². The molecule has 1 heterocycles. The summed E-state index contributed by atoms with van der Waals surface area (Å²) in [7, 11) is 0. The van der Waals surface area contributed by atoms with E-state index in [1.807, 2.05) is 30.3 Å². The van der Waals surface area contributed by atoms with Gasteiger partial charge in [0.15, 0.2) is 0 Å². The lowest BCUT2D eigenvalue weighted by Gasteiger charge is -2.20. The second-order valence-corrected chi connectivity index (χ2v) is 7.63. The predicted molar refractivity (Wildman–Crippen MR) is 115 cm³/mol. The monoisotopic (exact) mass is 383 g/mol. The van der Waals surface area contributed by atoms with Gasteiger partial charge in [-0.25, -0.2) is 0 Å². The SMILES string of the molecule is CCC(C)c1ccccc1OC(C)CNc1ccc(OCC2CCCO2)cc1. The molecule has 3 atom stereocenters. The summed E-state index contributed by atoms with van der Waals surface area (Å²) < 4.78 is 17.6. The second kappa shape index (κ2) is 10.4. The molecule has 0 spiro atoms. The Morgan fingerprint density at radius 1 is 1.11 bits per heavy atom. The minimum Gasteiger partial charge on any atom is -0.491 e. The van der Waals surface area contributed by atoms with Crippen LogP contribution in [0.25, 0.3) is 0 Å². The standard InChI is InChI=1S/C24H33NO3/c1-4-18(2)23-9-5-6-10-24(23)28-19(3)16-25-20-11-13-21(14-12-20)27-17-22-8-7-15-26-22/h5-6,9-14,18-19,22,25H,4,7-8,15-17H2,1-3H3. The van der Waals surface area contributed by atoms with Crippen LogP contribution in [-0.4, -0.2) is 32.0 Å². The van der Waals surface area contributed by atoms with E-state index < -0.39 is 0 Å². The normalized spacial score (nSPS) is 18.5. The summed E-state index contributed by atoms with van der Waals surface area (Å²) in [5.74, 6) is 2.37. The lowest BCUT2D eigenvalue weighted by atomic mass is 9.98. The molecule has 152 valence electrons. The third-order valence-electron chi connectivity index (χ3n) is 5.30. The van der Waals surface area contributed by atoms with Crippen LogP contribution in [-0.2, 0) is 4.74 Å². The van der Waals surface area contributed by atoms with E-state index in [0.29, 0.717) is 12.5 Å². The molecule has 0 radical (unpaired) electrons. The second-order valence-electron chi connectivity index (χ2n) is 7.63. The van der Waals surface area contributed by atoms with Crippen LogP contribution in [0.5, 0.6) is 11.5 Å². The van der Waals surface area contributed by atoms with Crippen LogP contribution in [0.4, 0.5) is 5.69 Å². The van der Waals surface area contributed by atoms with Crippen LogP contribution in [0.15, 0.2) is 48.5 Å². The Balaban J connectivity index is 1.46. The van der Waals surface area contributed by atoms with Crippen molar-refractivity contribution in [2.75, 3.05) is 25.1 Å². The number of para-hydroxylation sites is 1. The van der Waals surface area contributed by atoms with E-state index in [4.69, 9.17) is 14.2 Å². The molecule has 0 saturated carbocycles. The van der Waals surface area contributed by atoms with Crippen LogP contribution in [0.2, 0.25) is 0 Å². The van der Waals surface area contributed by atoms with E-state index in [0.717, 1.165) is 49.6 Å². The van der Waals surface area contributed by atoms with Crippen LogP contribution in [0.3, 0.4) is 0 Å². The van der Waals surface area contributed by atoms with Crippen molar-refractivity contribution < 1.29 is 14.2 Å². The number of benzene rings is 2. The van der Waals surface area contributed by atoms with Gasteiger partial charge in [0.05, 0.1) is 12.6 Å². The van der Waals surface area contributed by atoms with E-state index >= 15 is 0 Å². The third kappa shape index (κ3) is 5.90. The molecular formula is C24H33NO3. The largest absolute Gasteiger partial charge is 0.491 e. The summed E-state index contributed by atoms with van der Waals surface area (Å²) in [5.41, 5.74) is 2.35. The quantitative estimate of drug-likeness (QED) is 0.576. The summed E-state index contributed by atoms with van der Waals surface area (Å²) in [6.07, 6.45) is 3.65. The fourth-order valence-electron chi connectivity index (χ4n) is 3.37. The Kier molecular flexibility index (Phi) is 7.61. The highest BCUT2D eigenvalue weighted by Gasteiger charge is 2.16. The summed E-state index contributed by atoms with van der Waals surface area (Å²) >= 11 is 0. The number of nitrogens with one attached hydrogen (secondary N) is 1. The summed E-state index contributed by atoms with van der Waals surface area (Å²) in [6.45, 7) is 8.78. The van der Waals surface area contributed by atoms with Gasteiger partial charge in [0.25, 0.3) is 0 Å². The van der Waals surface area contributed by atoms with E-state index in [9.17, 15) is 0 Å². The van der Waals surface area contributed by atoms with Crippen LogP contribution >= 0.6 is 0 Å². The molecule has 0 aromatic heterocycles. The molecule has 3 unspecified atom stereocenters. The van der Waals surface area contributed by atoms with Crippen LogP contribution in [0.1, 0.15) is 51.5 Å². The van der Waals surface area contributed by atoms with Crippen molar-refractivity contribution in [1.29, 1.82) is 0 Å². The smallest absolute Gasteiger partial charge is 0.123 e. The van der Waals surface area contributed by atoms with Crippen molar-refractivity contribution in [2.45, 2.75) is 58.2 Å². The van der Waals surface area contributed by atoms with Crippen molar-refractivity contribution in [3.8, 4) is 11.5 Å². The fraction of sp³-hybridized carbons (Fsp3) is 0.500. The highest BCUT2D eigenvalue weighted by atomic mass is 16.5. The molecule has 1 aliphatic rings. The van der Waals surface area contributed by atoms with Crippen molar-refractivity contribution in [1.82, 2.24) is 0 Å². The maximum absolute atomic E-state index is 6.21. The van der Waals surface area contributed by atoms with Gasteiger partial charge in [-0.1, -0.05) is 32.0 Å². The highest BCUT2D eigenvalue weighted by Crippen LogP contribution is 2.29. The zero-order valence-corrected chi connectivity index (χ0v) is 17.3. The zero-order chi connectivity index (χ0) is 19.8. The van der Waals surface area contributed by atoms with Crippen molar-refractivity contribution in [3.05, 3.63) is 54.1 Å². The van der Waals surface area contributed by atoms with Gasteiger partial charge in [-0.2, -0.15) is 0 Å². The van der Waals surface area contributed by atoms with Crippen molar-refractivity contribution in [3.63, 3.8) is 0 Å². The van der Waals surface area contributed by atoms with E-state index in [1.165, 1.54) is 5.56 Å². The Morgan fingerprint density at radius 2 is 1.89 bits per heavy atom. The zero-order valence-electron chi connectivity index (χ0n) is 17.3. The average Bonchev–Trinajstić information content (AvgIpc) is 3.25. The Labute approximate surface area is 169 Å². The lowest BCUT2D eigenvalue weighted by molar-refractivity contribution is 0.0679. The molecule has 2 aromatic rings. The van der Waals surface area contributed by atoms with Crippen molar-refractivity contribution >= 4 is 5.69 Å². The van der Waals surface area contributed by atoms with Crippen LogP contribution < -0.4 is 14.8 Å². The first-order valence-corrected chi connectivity index (χ1v) is 10.5. The molecule has 2 aromatic carbocycles. The molecule has 1 fully saturated rings. The summed E-state index contributed by atoms with van der Waals surface area (Å²) in [6, 6.07) is 16.4. The van der Waals surface area contributed by atoms with Gasteiger partial charge >= 0.3 is 0 Å². The lowest BCUT2D eigenvalue weighted by Crippen LogP contribution is -2.23. The van der Waals surface area contributed by atoms with Crippen LogP contribution in [0, 0.1) is 0 Å². The van der Waals surface area contributed by atoms with Gasteiger partial charge in [0, 0.05) is 12.3 Å². The molecule has 4 nitrogen and oxygen atoms in total. The Bertz CT molecular complexity index is 710. The molecule has 1 saturated heterocycles. The highest BCUT2D eigenvalue weighted by molar-refractivity contribution is 5.46. The first-order chi connectivity index (χ1) is 13.7. The molecule has 3 rings (SSSR count). The Morgan fingerprint density at radius 3 is 2.61 bits per heavy atom. The number of rotatable bonds is 10. The van der Waals surface area contributed by atoms with E-state index in [2.05, 4.69) is 44.3 Å².